The van der Waals surface area contributed by atoms with Gasteiger partial charge in [-0.1, -0.05) is 61.7 Å². The summed E-state index contributed by atoms with van der Waals surface area (Å²) in [5, 5.41) is 4.93. The molecular formula is C25H21Br2N3O3. The van der Waals surface area contributed by atoms with Gasteiger partial charge in [-0.25, -0.2) is 4.98 Å². The Morgan fingerprint density at radius 3 is 2.52 bits per heavy atom. The van der Waals surface area contributed by atoms with Gasteiger partial charge in [-0.05, 0) is 49.7 Å². The van der Waals surface area contributed by atoms with E-state index in [9.17, 15) is 4.79 Å². The molecule has 0 aliphatic carbocycles. The zero-order valence-corrected chi connectivity index (χ0v) is 21.5. The van der Waals surface area contributed by atoms with E-state index < -0.39 is 0 Å². The van der Waals surface area contributed by atoms with Gasteiger partial charge in [-0.15, -0.1) is 0 Å². The van der Waals surface area contributed by atoms with Crippen LogP contribution in [0.4, 0.5) is 0 Å². The summed E-state index contributed by atoms with van der Waals surface area (Å²) in [4.78, 5) is 17.6. The van der Waals surface area contributed by atoms with E-state index in [1.165, 1.54) is 10.2 Å². The van der Waals surface area contributed by atoms with E-state index in [0.717, 1.165) is 14.5 Å². The molecule has 0 fully saturated rings. The van der Waals surface area contributed by atoms with Crippen LogP contribution in [0.3, 0.4) is 0 Å². The Morgan fingerprint density at radius 2 is 1.79 bits per heavy atom. The highest BCUT2D eigenvalue weighted by Crippen LogP contribution is 2.34. The van der Waals surface area contributed by atoms with Gasteiger partial charge >= 0.3 is 0 Å². The molecule has 0 saturated heterocycles. The minimum atomic E-state index is -0.251. The molecule has 0 bridgehead atoms. The standard InChI is InChI=1S/C25H21Br2N3O3/c1-15-4-6-17(7-5-15)14-33-24-18(10-20(27)12-23(24)32-3)13-28-30-16(2)29-22-9-8-19(26)11-21(22)25(30)31/h4-13H,14H2,1-3H3. The first-order chi connectivity index (χ1) is 15.9. The molecule has 1 heterocycles. The largest absolute Gasteiger partial charge is 0.493 e. The summed E-state index contributed by atoms with van der Waals surface area (Å²) in [7, 11) is 1.58. The predicted octanol–water partition coefficient (Wildman–Crippen LogP) is 6.01. The third-order valence-electron chi connectivity index (χ3n) is 5.05. The van der Waals surface area contributed by atoms with E-state index >= 15 is 0 Å². The van der Waals surface area contributed by atoms with Gasteiger partial charge in [0.05, 0.1) is 24.2 Å². The van der Waals surface area contributed by atoms with E-state index in [2.05, 4.69) is 41.9 Å². The number of methoxy groups -OCH3 is 1. The molecule has 0 spiro atoms. The van der Waals surface area contributed by atoms with Crippen LogP contribution in [0.25, 0.3) is 10.9 Å². The van der Waals surface area contributed by atoms with Crippen molar-refractivity contribution in [1.82, 2.24) is 9.66 Å². The average Bonchev–Trinajstić information content (AvgIpc) is 2.79. The van der Waals surface area contributed by atoms with Crippen molar-refractivity contribution in [3.8, 4) is 11.5 Å². The van der Waals surface area contributed by atoms with E-state index in [4.69, 9.17) is 9.47 Å². The van der Waals surface area contributed by atoms with Gasteiger partial charge in [-0.2, -0.15) is 9.78 Å². The number of hydrogen-bond donors (Lipinski definition) is 0. The molecule has 0 amide bonds. The van der Waals surface area contributed by atoms with Crippen molar-refractivity contribution >= 4 is 49.0 Å². The maximum atomic E-state index is 13.1. The SMILES string of the molecule is COc1cc(Br)cc(C=Nn2c(C)nc3ccc(Br)cc3c2=O)c1OCc1ccc(C)cc1. The molecule has 8 heteroatoms. The normalized spacial score (nSPS) is 11.3. The van der Waals surface area contributed by atoms with E-state index in [1.54, 1.807) is 32.4 Å². The van der Waals surface area contributed by atoms with Gasteiger partial charge in [0, 0.05) is 14.5 Å². The maximum absolute atomic E-state index is 13.1. The van der Waals surface area contributed by atoms with Gasteiger partial charge in [0.15, 0.2) is 11.5 Å². The van der Waals surface area contributed by atoms with Crippen LogP contribution in [-0.4, -0.2) is 23.0 Å². The molecule has 0 atom stereocenters. The van der Waals surface area contributed by atoms with Crippen LogP contribution in [0.2, 0.25) is 0 Å². The fourth-order valence-electron chi connectivity index (χ4n) is 3.35. The Bertz CT molecular complexity index is 1410. The number of rotatable bonds is 6. The first kappa shape index (κ1) is 23.2. The highest BCUT2D eigenvalue weighted by atomic mass is 79.9. The summed E-state index contributed by atoms with van der Waals surface area (Å²) < 4.78 is 14.6. The molecule has 168 valence electrons. The maximum Gasteiger partial charge on any atom is 0.282 e. The molecule has 0 saturated carbocycles. The van der Waals surface area contributed by atoms with Crippen LogP contribution in [0.1, 0.15) is 22.5 Å². The zero-order chi connectivity index (χ0) is 23.5. The van der Waals surface area contributed by atoms with E-state index in [0.29, 0.717) is 40.4 Å². The second-order valence-electron chi connectivity index (χ2n) is 7.48. The topological polar surface area (TPSA) is 65.7 Å². The molecule has 33 heavy (non-hydrogen) atoms. The number of halogens is 2. The number of aromatic nitrogens is 2. The number of benzene rings is 3. The number of hydrogen-bond acceptors (Lipinski definition) is 5. The van der Waals surface area contributed by atoms with Crippen LogP contribution >= 0.6 is 31.9 Å². The third kappa shape index (κ3) is 5.17. The van der Waals surface area contributed by atoms with Crippen molar-refractivity contribution in [2.75, 3.05) is 7.11 Å². The summed E-state index contributed by atoms with van der Waals surface area (Å²) in [5.41, 5.74) is 3.25. The van der Waals surface area contributed by atoms with Crippen LogP contribution in [0.5, 0.6) is 11.5 Å². The lowest BCUT2D eigenvalue weighted by Gasteiger charge is -2.14. The van der Waals surface area contributed by atoms with Gasteiger partial charge in [0.1, 0.15) is 12.4 Å². The highest BCUT2D eigenvalue weighted by Gasteiger charge is 2.13. The molecular weight excluding hydrogens is 550 g/mol. The fraction of sp³-hybridized carbons (Fsp3) is 0.160. The molecule has 0 radical (unpaired) electrons. The Labute approximate surface area is 208 Å². The number of ether oxygens (including phenoxy) is 2. The van der Waals surface area contributed by atoms with Crippen LogP contribution in [-0.2, 0) is 6.61 Å². The second-order valence-corrected chi connectivity index (χ2v) is 9.31. The molecule has 3 aromatic carbocycles. The lowest BCUT2D eigenvalue weighted by molar-refractivity contribution is 0.284. The Kier molecular flexibility index (Phi) is 6.95. The molecule has 6 nitrogen and oxygen atoms in total. The Morgan fingerprint density at radius 1 is 1.03 bits per heavy atom. The second kappa shape index (κ2) is 9.89. The summed E-state index contributed by atoms with van der Waals surface area (Å²) in [6.07, 6.45) is 1.58. The molecule has 0 aliphatic heterocycles. The Balaban J connectivity index is 1.74. The summed E-state index contributed by atoms with van der Waals surface area (Å²) >= 11 is 6.91. The van der Waals surface area contributed by atoms with Crippen molar-refractivity contribution in [3.63, 3.8) is 0 Å². The monoisotopic (exact) mass is 569 g/mol. The first-order valence-corrected chi connectivity index (χ1v) is 11.7. The van der Waals surface area contributed by atoms with Crippen molar-refractivity contribution < 1.29 is 9.47 Å². The molecule has 0 unspecified atom stereocenters. The minimum Gasteiger partial charge on any atom is -0.493 e. The van der Waals surface area contributed by atoms with E-state index in [-0.39, 0.29) is 5.56 Å². The van der Waals surface area contributed by atoms with Crippen LogP contribution < -0.4 is 15.0 Å². The first-order valence-electron chi connectivity index (χ1n) is 10.1. The molecule has 0 N–H and O–H groups in total. The summed E-state index contributed by atoms with van der Waals surface area (Å²) in [6, 6.07) is 17.2. The lowest BCUT2D eigenvalue weighted by Crippen LogP contribution is -2.20. The number of aryl methyl sites for hydroxylation is 2. The van der Waals surface area contributed by atoms with Gasteiger partial charge in [0.2, 0.25) is 0 Å². The number of nitrogens with zero attached hydrogens (tertiary/aromatic N) is 3. The van der Waals surface area contributed by atoms with Gasteiger partial charge in [0.25, 0.3) is 5.56 Å². The van der Waals surface area contributed by atoms with Crippen molar-refractivity contribution in [3.05, 3.63) is 96.4 Å². The number of fused-ring (bicyclic) bond motifs is 1. The summed E-state index contributed by atoms with van der Waals surface area (Å²) in [5.74, 6) is 1.57. The van der Waals surface area contributed by atoms with Crippen molar-refractivity contribution in [1.29, 1.82) is 0 Å². The Hall–Kier alpha value is -2.97. The van der Waals surface area contributed by atoms with Gasteiger partial charge in [-0.3, -0.25) is 4.79 Å². The predicted molar refractivity (Wildman–Crippen MR) is 138 cm³/mol. The minimum absolute atomic E-state index is 0.251. The van der Waals surface area contributed by atoms with Crippen molar-refractivity contribution in [2.45, 2.75) is 20.5 Å². The third-order valence-corrected chi connectivity index (χ3v) is 6.01. The summed E-state index contributed by atoms with van der Waals surface area (Å²) in [6.45, 7) is 4.15. The molecule has 4 aromatic rings. The average molecular weight is 571 g/mol. The lowest BCUT2D eigenvalue weighted by atomic mass is 10.1. The highest BCUT2D eigenvalue weighted by molar-refractivity contribution is 9.10. The zero-order valence-electron chi connectivity index (χ0n) is 18.3. The van der Waals surface area contributed by atoms with Gasteiger partial charge < -0.3 is 9.47 Å². The molecule has 4 rings (SSSR count). The molecule has 0 aliphatic rings. The molecule has 1 aromatic heterocycles. The van der Waals surface area contributed by atoms with Crippen LogP contribution in [0.15, 0.2) is 73.4 Å². The quantitative estimate of drug-likeness (QED) is 0.266. The van der Waals surface area contributed by atoms with Crippen molar-refractivity contribution in [2.24, 2.45) is 5.10 Å². The smallest absolute Gasteiger partial charge is 0.282 e. The van der Waals surface area contributed by atoms with Crippen LogP contribution in [0, 0.1) is 13.8 Å². The van der Waals surface area contributed by atoms with E-state index in [1.807, 2.05) is 49.4 Å². The fourth-order valence-corrected chi connectivity index (χ4v) is 4.16.